The predicted octanol–water partition coefficient (Wildman–Crippen LogP) is 11.4. The zero-order valence-electron chi connectivity index (χ0n) is 23.3. The van der Waals surface area contributed by atoms with E-state index in [4.69, 9.17) is 9.40 Å². The summed E-state index contributed by atoms with van der Waals surface area (Å²) in [5.74, 6) is 0. The second-order valence-corrected chi connectivity index (χ2v) is 11.1. The molecule has 0 aliphatic carbocycles. The molecule has 0 fully saturated rings. The van der Waals surface area contributed by atoms with Crippen molar-refractivity contribution in [2.24, 2.45) is 0 Å². The van der Waals surface area contributed by atoms with Crippen LogP contribution in [0, 0.1) is 0 Å². The first-order chi connectivity index (χ1) is 21.3. The standard InChI is InChI=1S/C41H25NO/c1-2-11-27(12-3-1)39-31-14-6-8-16-33(31)40(34-17-9-7-15-32(34)39)37-22-19-29(25-42-37)28-20-23-38-36(24-28)35-21-18-26-10-4-5-13-30(26)41(35)43-38/h1-25H. The van der Waals surface area contributed by atoms with Crippen molar-refractivity contribution in [3.63, 3.8) is 0 Å². The molecule has 9 aromatic rings. The topological polar surface area (TPSA) is 26.0 Å². The summed E-state index contributed by atoms with van der Waals surface area (Å²) in [5.41, 5.74) is 8.66. The Morgan fingerprint density at radius 3 is 1.72 bits per heavy atom. The smallest absolute Gasteiger partial charge is 0.143 e. The summed E-state index contributed by atoms with van der Waals surface area (Å²) in [6, 6.07) is 51.6. The largest absolute Gasteiger partial charge is 0.455 e. The molecule has 0 bridgehead atoms. The number of fused-ring (bicyclic) bond motifs is 7. The molecule has 0 aliphatic rings. The molecule has 0 atom stereocenters. The third-order valence-corrected chi connectivity index (χ3v) is 8.71. The van der Waals surface area contributed by atoms with Gasteiger partial charge in [-0.3, -0.25) is 4.98 Å². The minimum absolute atomic E-state index is 0.899. The molecule has 0 unspecified atom stereocenters. The van der Waals surface area contributed by atoms with Gasteiger partial charge in [-0.2, -0.15) is 0 Å². The van der Waals surface area contributed by atoms with Crippen molar-refractivity contribution in [2.45, 2.75) is 0 Å². The predicted molar refractivity (Wildman–Crippen MR) is 180 cm³/mol. The van der Waals surface area contributed by atoms with Crippen LogP contribution in [0.4, 0.5) is 0 Å². The summed E-state index contributed by atoms with van der Waals surface area (Å²) >= 11 is 0. The van der Waals surface area contributed by atoms with Crippen LogP contribution in [0.2, 0.25) is 0 Å². The fraction of sp³-hybridized carbons (Fsp3) is 0. The van der Waals surface area contributed by atoms with Crippen molar-refractivity contribution in [2.75, 3.05) is 0 Å². The Morgan fingerprint density at radius 2 is 1.02 bits per heavy atom. The van der Waals surface area contributed by atoms with E-state index in [1.807, 2.05) is 6.20 Å². The quantitative estimate of drug-likeness (QED) is 0.206. The zero-order chi connectivity index (χ0) is 28.3. The highest BCUT2D eigenvalue weighted by molar-refractivity contribution is 6.21. The first-order valence-corrected chi connectivity index (χ1v) is 14.6. The second-order valence-electron chi connectivity index (χ2n) is 11.1. The van der Waals surface area contributed by atoms with E-state index < -0.39 is 0 Å². The summed E-state index contributed by atoms with van der Waals surface area (Å²) < 4.78 is 6.34. The van der Waals surface area contributed by atoms with Crippen molar-refractivity contribution in [3.05, 3.63) is 152 Å². The Morgan fingerprint density at radius 1 is 0.395 bits per heavy atom. The molecule has 0 aliphatic heterocycles. The summed E-state index contributed by atoms with van der Waals surface area (Å²) in [5, 5.41) is 9.47. The number of furan rings is 1. The van der Waals surface area contributed by atoms with Gasteiger partial charge in [-0.1, -0.05) is 121 Å². The Bertz CT molecular complexity index is 2430. The molecule has 9 rings (SSSR count). The Hall–Kier alpha value is -5.73. The number of aromatic nitrogens is 1. The summed E-state index contributed by atoms with van der Waals surface area (Å²) in [6.45, 7) is 0. The minimum atomic E-state index is 0.899. The molecule has 2 heterocycles. The van der Waals surface area contributed by atoms with Crippen LogP contribution in [0.1, 0.15) is 0 Å². The number of hydrogen-bond acceptors (Lipinski definition) is 2. The summed E-state index contributed by atoms with van der Waals surface area (Å²) in [7, 11) is 0. The maximum absolute atomic E-state index is 6.34. The molecule has 0 amide bonds. The van der Waals surface area contributed by atoms with Gasteiger partial charge in [0.05, 0.1) is 5.69 Å². The van der Waals surface area contributed by atoms with Crippen molar-refractivity contribution >= 4 is 54.3 Å². The van der Waals surface area contributed by atoms with Crippen molar-refractivity contribution in [3.8, 4) is 33.5 Å². The highest BCUT2D eigenvalue weighted by Crippen LogP contribution is 2.43. The highest BCUT2D eigenvalue weighted by Gasteiger charge is 2.17. The lowest BCUT2D eigenvalue weighted by atomic mass is 9.87. The molecule has 2 heteroatoms. The van der Waals surface area contributed by atoms with Crippen LogP contribution in [-0.4, -0.2) is 4.98 Å². The Kier molecular flexibility index (Phi) is 5.23. The van der Waals surface area contributed by atoms with Gasteiger partial charge in [0.15, 0.2) is 0 Å². The van der Waals surface area contributed by atoms with E-state index in [0.717, 1.165) is 44.1 Å². The molecule has 0 saturated carbocycles. The van der Waals surface area contributed by atoms with E-state index in [0.29, 0.717) is 0 Å². The fourth-order valence-electron chi connectivity index (χ4n) is 6.72. The van der Waals surface area contributed by atoms with Gasteiger partial charge in [-0.25, -0.2) is 0 Å². The Labute approximate surface area is 248 Å². The van der Waals surface area contributed by atoms with E-state index in [2.05, 4.69) is 146 Å². The first-order valence-electron chi connectivity index (χ1n) is 14.6. The Balaban J connectivity index is 1.20. The molecule has 2 nitrogen and oxygen atoms in total. The minimum Gasteiger partial charge on any atom is -0.455 e. The number of hydrogen-bond donors (Lipinski definition) is 0. The third kappa shape index (κ3) is 3.70. The maximum Gasteiger partial charge on any atom is 0.143 e. The van der Waals surface area contributed by atoms with E-state index in [1.165, 1.54) is 43.6 Å². The van der Waals surface area contributed by atoms with Gasteiger partial charge < -0.3 is 4.42 Å². The molecular formula is C41H25NO. The van der Waals surface area contributed by atoms with Crippen molar-refractivity contribution < 1.29 is 4.42 Å². The lowest BCUT2D eigenvalue weighted by Crippen LogP contribution is -1.92. The average molecular weight is 548 g/mol. The lowest BCUT2D eigenvalue weighted by molar-refractivity contribution is 0.672. The average Bonchev–Trinajstić information content (AvgIpc) is 3.46. The number of benzene rings is 7. The van der Waals surface area contributed by atoms with Crippen molar-refractivity contribution in [1.82, 2.24) is 4.98 Å². The SMILES string of the molecule is c1ccc(-c2c3ccccc3c(-c3ccc(-c4ccc5oc6c7ccccc7ccc6c5c4)cn3)c3ccccc23)cc1. The molecule has 200 valence electrons. The fourth-order valence-corrected chi connectivity index (χ4v) is 6.72. The number of pyridine rings is 1. The second kappa shape index (κ2) is 9.40. The van der Waals surface area contributed by atoms with Gasteiger partial charge in [0.1, 0.15) is 11.2 Å². The molecule has 0 N–H and O–H groups in total. The summed E-state index contributed by atoms with van der Waals surface area (Å²) in [4.78, 5) is 5.08. The third-order valence-electron chi connectivity index (χ3n) is 8.71. The van der Waals surface area contributed by atoms with Gasteiger partial charge in [0, 0.05) is 33.5 Å². The van der Waals surface area contributed by atoms with Crippen LogP contribution in [-0.2, 0) is 0 Å². The van der Waals surface area contributed by atoms with Crippen LogP contribution in [0.25, 0.3) is 87.8 Å². The van der Waals surface area contributed by atoms with E-state index in [9.17, 15) is 0 Å². The van der Waals surface area contributed by atoms with E-state index in [-0.39, 0.29) is 0 Å². The highest BCUT2D eigenvalue weighted by atomic mass is 16.3. The maximum atomic E-state index is 6.34. The zero-order valence-corrected chi connectivity index (χ0v) is 23.3. The molecule has 0 radical (unpaired) electrons. The van der Waals surface area contributed by atoms with Crippen LogP contribution >= 0.6 is 0 Å². The molecule has 2 aromatic heterocycles. The monoisotopic (exact) mass is 547 g/mol. The molecule has 43 heavy (non-hydrogen) atoms. The van der Waals surface area contributed by atoms with Crippen molar-refractivity contribution in [1.29, 1.82) is 0 Å². The van der Waals surface area contributed by atoms with Crippen LogP contribution < -0.4 is 0 Å². The normalized spacial score (nSPS) is 11.7. The molecular weight excluding hydrogens is 522 g/mol. The van der Waals surface area contributed by atoms with Gasteiger partial charge in [0.25, 0.3) is 0 Å². The van der Waals surface area contributed by atoms with E-state index >= 15 is 0 Å². The molecule has 0 spiro atoms. The summed E-state index contributed by atoms with van der Waals surface area (Å²) in [6.07, 6.45) is 2.00. The lowest BCUT2D eigenvalue weighted by Gasteiger charge is -2.17. The van der Waals surface area contributed by atoms with Gasteiger partial charge in [0.2, 0.25) is 0 Å². The van der Waals surface area contributed by atoms with Gasteiger partial charge in [-0.05, 0) is 67.9 Å². The molecule has 0 saturated heterocycles. The van der Waals surface area contributed by atoms with E-state index in [1.54, 1.807) is 0 Å². The number of nitrogens with zero attached hydrogens (tertiary/aromatic N) is 1. The van der Waals surface area contributed by atoms with Crippen LogP contribution in [0.3, 0.4) is 0 Å². The number of rotatable bonds is 3. The van der Waals surface area contributed by atoms with Gasteiger partial charge in [-0.15, -0.1) is 0 Å². The van der Waals surface area contributed by atoms with Crippen LogP contribution in [0.5, 0.6) is 0 Å². The molecule has 7 aromatic carbocycles. The van der Waals surface area contributed by atoms with Gasteiger partial charge >= 0.3 is 0 Å². The van der Waals surface area contributed by atoms with Crippen LogP contribution in [0.15, 0.2) is 156 Å². The first kappa shape index (κ1) is 23.9.